The van der Waals surface area contributed by atoms with Crippen LogP contribution in [0.2, 0.25) is 0 Å². The number of methoxy groups -OCH3 is 1. The van der Waals surface area contributed by atoms with Crippen molar-refractivity contribution in [2.45, 2.75) is 25.1 Å². The Bertz CT molecular complexity index is 315. The van der Waals surface area contributed by atoms with Crippen LogP contribution in [0.5, 0.6) is 0 Å². The van der Waals surface area contributed by atoms with E-state index in [9.17, 15) is 27.6 Å². The third-order valence-corrected chi connectivity index (χ3v) is 1.73. The Kier molecular flexibility index (Phi) is 5.42. The van der Waals surface area contributed by atoms with Crippen molar-refractivity contribution in [2.24, 2.45) is 0 Å². The molecule has 0 aromatic heterocycles. The Morgan fingerprint density at radius 2 is 1.88 bits per heavy atom. The number of esters is 1. The summed E-state index contributed by atoms with van der Waals surface area (Å²) in [5.74, 6) is -4.81. The molecule has 0 aliphatic rings. The third kappa shape index (κ3) is 5.73. The van der Waals surface area contributed by atoms with E-state index < -0.39 is 42.9 Å². The summed E-state index contributed by atoms with van der Waals surface area (Å²) in [5.41, 5.74) is 0. The van der Waals surface area contributed by atoms with E-state index in [-0.39, 0.29) is 0 Å². The second-order valence-electron chi connectivity index (χ2n) is 2.98. The van der Waals surface area contributed by atoms with Crippen LogP contribution >= 0.6 is 0 Å². The van der Waals surface area contributed by atoms with E-state index in [1.54, 1.807) is 0 Å². The smallest absolute Gasteiger partial charge is 0.471 e. The van der Waals surface area contributed by atoms with Crippen LogP contribution in [0.15, 0.2) is 0 Å². The Labute approximate surface area is 93.7 Å². The molecule has 0 aliphatic carbocycles. The largest absolute Gasteiger partial charge is 0.480 e. The van der Waals surface area contributed by atoms with Gasteiger partial charge in [-0.3, -0.25) is 9.59 Å². The Balaban J connectivity index is 4.41. The van der Waals surface area contributed by atoms with Gasteiger partial charge in [0.1, 0.15) is 6.04 Å². The van der Waals surface area contributed by atoms with E-state index in [1.807, 2.05) is 0 Å². The maximum atomic E-state index is 11.8. The summed E-state index contributed by atoms with van der Waals surface area (Å²) in [6.07, 6.45) is -6.06. The van der Waals surface area contributed by atoms with Crippen LogP contribution in [0.4, 0.5) is 13.2 Å². The highest BCUT2D eigenvalue weighted by atomic mass is 19.4. The fourth-order valence-electron chi connectivity index (χ4n) is 0.862. The molecule has 0 fully saturated rings. The van der Waals surface area contributed by atoms with Gasteiger partial charge in [0.2, 0.25) is 0 Å². The average Bonchev–Trinajstić information content (AvgIpc) is 2.21. The van der Waals surface area contributed by atoms with Crippen LogP contribution in [0.3, 0.4) is 0 Å². The van der Waals surface area contributed by atoms with E-state index in [2.05, 4.69) is 4.74 Å². The molecule has 2 N–H and O–H groups in total. The second kappa shape index (κ2) is 6.06. The zero-order chi connectivity index (χ0) is 13.6. The predicted octanol–water partition coefficient (Wildman–Crippen LogP) is 0.0713. The highest BCUT2D eigenvalue weighted by Gasteiger charge is 2.40. The fraction of sp³-hybridized carbons (Fsp3) is 0.625. The van der Waals surface area contributed by atoms with Gasteiger partial charge >= 0.3 is 24.0 Å². The van der Waals surface area contributed by atoms with Gasteiger partial charge < -0.3 is 15.2 Å². The molecule has 0 bridgehead atoms. The molecule has 0 spiro atoms. The lowest BCUT2D eigenvalue weighted by molar-refractivity contribution is -0.175. The van der Waals surface area contributed by atoms with Gasteiger partial charge in [0, 0.05) is 6.42 Å². The zero-order valence-corrected chi connectivity index (χ0v) is 8.71. The lowest BCUT2D eigenvalue weighted by Crippen LogP contribution is -2.47. The van der Waals surface area contributed by atoms with Crippen molar-refractivity contribution >= 4 is 17.8 Å². The van der Waals surface area contributed by atoms with Crippen LogP contribution in [0.1, 0.15) is 12.8 Å². The molecule has 0 heterocycles. The quantitative estimate of drug-likeness (QED) is 0.680. The summed E-state index contributed by atoms with van der Waals surface area (Å²) in [7, 11) is 1.05. The summed E-state index contributed by atoms with van der Waals surface area (Å²) in [5, 5.41) is 9.80. The highest BCUT2D eigenvalue weighted by molar-refractivity contribution is 5.87. The van der Waals surface area contributed by atoms with Crippen LogP contribution in [0, 0.1) is 0 Å². The van der Waals surface area contributed by atoms with Gasteiger partial charge in [0.05, 0.1) is 7.11 Å². The normalized spacial score (nSPS) is 12.7. The van der Waals surface area contributed by atoms with Gasteiger partial charge in [0.15, 0.2) is 0 Å². The number of hydrogen-bond acceptors (Lipinski definition) is 4. The summed E-state index contributed by atoms with van der Waals surface area (Å²) in [6, 6.07) is -1.79. The molecule has 0 radical (unpaired) electrons. The first-order valence-electron chi connectivity index (χ1n) is 4.35. The Morgan fingerprint density at radius 1 is 1.35 bits per heavy atom. The first-order chi connectivity index (χ1) is 7.68. The Hall–Kier alpha value is -1.80. The first kappa shape index (κ1) is 15.2. The summed E-state index contributed by atoms with van der Waals surface area (Å²) in [6.45, 7) is 0. The van der Waals surface area contributed by atoms with Gasteiger partial charge in [0.25, 0.3) is 0 Å². The van der Waals surface area contributed by atoms with Crippen LogP contribution in [-0.2, 0) is 19.1 Å². The molecule has 0 aliphatic heterocycles. The molecule has 1 atom stereocenters. The third-order valence-electron chi connectivity index (χ3n) is 1.73. The van der Waals surface area contributed by atoms with Gasteiger partial charge in [-0.15, -0.1) is 0 Å². The molecule has 0 saturated heterocycles. The van der Waals surface area contributed by atoms with Gasteiger partial charge in [-0.1, -0.05) is 0 Å². The number of hydrogen-bond donors (Lipinski definition) is 2. The predicted molar refractivity (Wildman–Crippen MR) is 46.9 cm³/mol. The molecule has 0 aromatic rings. The van der Waals surface area contributed by atoms with Crippen molar-refractivity contribution < 1.29 is 37.4 Å². The number of carboxylic acids is 1. The minimum atomic E-state index is -5.17. The number of alkyl halides is 3. The lowest BCUT2D eigenvalue weighted by atomic mass is 10.1. The first-order valence-corrected chi connectivity index (χ1v) is 4.35. The summed E-state index contributed by atoms with van der Waals surface area (Å²) < 4.78 is 39.7. The molecule has 98 valence electrons. The van der Waals surface area contributed by atoms with Gasteiger partial charge in [-0.25, -0.2) is 4.79 Å². The molecule has 1 unspecified atom stereocenters. The number of nitrogens with one attached hydrogen (secondary N) is 1. The number of carbonyl (C=O) groups is 3. The SMILES string of the molecule is COC(=O)CCC(NC(=O)C(F)(F)F)C(=O)O. The summed E-state index contributed by atoms with van der Waals surface area (Å²) in [4.78, 5) is 31.7. The number of rotatable bonds is 5. The molecule has 9 heteroatoms. The molecule has 0 aromatic carbocycles. The van der Waals surface area contributed by atoms with E-state index >= 15 is 0 Å². The standard InChI is InChI=1S/C8H10F3NO5/c1-17-5(13)3-2-4(6(14)15)12-7(16)8(9,10)11/h4H,2-3H2,1H3,(H,12,16)(H,14,15). The van der Waals surface area contributed by atoms with E-state index in [4.69, 9.17) is 5.11 Å². The number of halogens is 3. The van der Waals surface area contributed by atoms with Gasteiger partial charge in [-0.05, 0) is 6.42 Å². The van der Waals surface area contributed by atoms with Crippen molar-refractivity contribution in [3.8, 4) is 0 Å². The van der Waals surface area contributed by atoms with Crippen molar-refractivity contribution in [1.82, 2.24) is 5.32 Å². The number of carbonyl (C=O) groups excluding carboxylic acids is 2. The van der Waals surface area contributed by atoms with Crippen molar-refractivity contribution in [1.29, 1.82) is 0 Å². The van der Waals surface area contributed by atoms with Crippen molar-refractivity contribution in [3.63, 3.8) is 0 Å². The topological polar surface area (TPSA) is 92.7 Å². The molecule has 1 amide bonds. The van der Waals surface area contributed by atoms with Crippen molar-refractivity contribution in [2.75, 3.05) is 7.11 Å². The molecular formula is C8H10F3NO5. The lowest BCUT2D eigenvalue weighted by Gasteiger charge is -2.14. The van der Waals surface area contributed by atoms with E-state index in [0.29, 0.717) is 0 Å². The van der Waals surface area contributed by atoms with Crippen LogP contribution < -0.4 is 5.32 Å². The average molecular weight is 257 g/mol. The summed E-state index contributed by atoms with van der Waals surface area (Å²) >= 11 is 0. The van der Waals surface area contributed by atoms with Crippen molar-refractivity contribution in [3.05, 3.63) is 0 Å². The zero-order valence-electron chi connectivity index (χ0n) is 8.71. The number of ether oxygens (including phenoxy) is 1. The van der Waals surface area contributed by atoms with E-state index in [0.717, 1.165) is 7.11 Å². The molecule has 17 heavy (non-hydrogen) atoms. The van der Waals surface area contributed by atoms with Crippen LogP contribution in [0.25, 0.3) is 0 Å². The van der Waals surface area contributed by atoms with E-state index in [1.165, 1.54) is 5.32 Å². The Morgan fingerprint density at radius 3 is 2.24 bits per heavy atom. The number of amides is 1. The van der Waals surface area contributed by atoms with Crippen LogP contribution in [-0.4, -0.2) is 42.3 Å². The molecule has 6 nitrogen and oxygen atoms in total. The molecule has 0 saturated carbocycles. The second-order valence-corrected chi connectivity index (χ2v) is 2.98. The minimum Gasteiger partial charge on any atom is -0.480 e. The molecular weight excluding hydrogens is 247 g/mol. The monoisotopic (exact) mass is 257 g/mol. The number of aliphatic carboxylic acids is 1. The maximum absolute atomic E-state index is 11.8. The van der Waals surface area contributed by atoms with Gasteiger partial charge in [-0.2, -0.15) is 13.2 Å². The molecule has 0 rings (SSSR count). The minimum absolute atomic E-state index is 0.411. The number of carboxylic acid groups (broad SMARTS) is 1. The highest BCUT2D eigenvalue weighted by Crippen LogP contribution is 2.15. The fourth-order valence-corrected chi connectivity index (χ4v) is 0.862. The maximum Gasteiger partial charge on any atom is 0.471 e.